The number of carbonyl (C=O) groups is 1. The molecule has 1 unspecified atom stereocenters. The first-order chi connectivity index (χ1) is 14.8. The second kappa shape index (κ2) is 8.95. The van der Waals surface area contributed by atoms with Crippen molar-refractivity contribution >= 4 is 34.0 Å². The van der Waals surface area contributed by atoms with Gasteiger partial charge in [-0.15, -0.1) is 21.5 Å². The van der Waals surface area contributed by atoms with Gasteiger partial charge in [0, 0.05) is 17.8 Å². The highest BCUT2D eigenvalue weighted by atomic mass is 32.2. The molecule has 1 saturated carbocycles. The molecule has 0 aliphatic heterocycles. The Kier molecular flexibility index (Phi) is 6.45. The topological polar surface area (TPSA) is 83.6 Å². The first-order valence-corrected chi connectivity index (χ1v) is 12.9. The lowest BCUT2D eigenvalue weighted by Crippen LogP contribution is -2.26. The first kappa shape index (κ1) is 22.3. The van der Waals surface area contributed by atoms with Crippen LogP contribution in [0.2, 0.25) is 0 Å². The molecule has 2 aliphatic rings. The quantitative estimate of drug-likeness (QED) is 0.617. The summed E-state index contributed by atoms with van der Waals surface area (Å²) in [6, 6.07) is 2.34. The number of hydrogen-bond acceptors (Lipinski definition) is 6. The van der Waals surface area contributed by atoms with Gasteiger partial charge in [-0.05, 0) is 49.0 Å². The third kappa shape index (κ3) is 4.68. The van der Waals surface area contributed by atoms with Crippen LogP contribution in [0, 0.1) is 22.7 Å². The molecule has 2 aliphatic carbocycles. The highest BCUT2D eigenvalue weighted by molar-refractivity contribution is 7.99. The maximum Gasteiger partial charge on any atom is 0.235 e. The summed E-state index contributed by atoms with van der Waals surface area (Å²) in [7, 11) is 1.99. The lowest BCUT2D eigenvalue weighted by molar-refractivity contribution is -0.113. The zero-order valence-electron chi connectivity index (χ0n) is 18.8. The van der Waals surface area contributed by atoms with Gasteiger partial charge in [-0.2, -0.15) is 5.26 Å². The Morgan fingerprint density at radius 3 is 2.71 bits per heavy atom. The molecule has 1 fully saturated rings. The number of rotatable bonds is 5. The number of nitrogens with one attached hydrogen (secondary N) is 1. The van der Waals surface area contributed by atoms with Crippen molar-refractivity contribution in [1.82, 2.24) is 14.8 Å². The Bertz CT molecular complexity index is 1000. The van der Waals surface area contributed by atoms with Crippen LogP contribution in [0.3, 0.4) is 0 Å². The third-order valence-corrected chi connectivity index (χ3v) is 8.97. The number of aromatic nitrogens is 3. The summed E-state index contributed by atoms with van der Waals surface area (Å²) in [5.74, 6) is 2.29. The number of nitrogens with zero attached hydrogens (tertiary/aromatic N) is 4. The highest BCUT2D eigenvalue weighted by Gasteiger charge is 2.32. The number of amides is 1. The maximum atomic E-state index is 12.7. The molecule has 4 rings (SSSR count). The lowest BCUT2D eigenvalue weighted by atomic mass is 9.72. The van der Waals surface area contributed by atoms with Crippen LogP contribution in [-0.2, 0) is 24.7 Å². The van der Waals surface area contributed by atoms with Crippen LogP contribution in [0.1, 0.15) is 80.6 Å². The summed E-state index contributed by atoms with van der Waals surface area (Å²) in [6.45, 7) is 6.85. The third-order valence-electron chi connectivity index (χ3n) is 6.78. The van der Waals surface area contributed by atoms with Crippen molar-refractivity contribution in [2.45, 2.75) is 76.8 Å². The van der Waals surface area contributed by atoms with Crippen LogP contribution in [0.25, 0.3) is 0 Å². The molecule has 0 spiro atoms. The van der Waals surface area contributed by atoms with Gasteiger partial charge in [0.15, 0.2) is 5.16 Å². The van der Waals surface area contributed by atoms with Crippen LogP contribution in [0.5, 0.6) is 0 Å². The van der Waals surface area contributed by atoms with E-state index in [9.17, 15) is 10.1 Å². The monoisotopic (exact) mass is 457 g/mol. The van der Waals surface area contributed by atoms with E-state index >= 15 is 0 Å². The SMILES string of the molecule is Cn1c(SCC(=O)Nc2sc3c(c2C#N)CCC(C(C)(C)C)C3)nnc1C1CCCC1. The Balaban J connectivity index is 1.41. The van der Waals surface area contributed by atoms with E-state index in [-0.39, 0.29) is 17.1 Å². The molecule has 6 nitrogen and oxygen atoms in total. The molecule has 0 bridgehead atoms. The van der Waals surface area contributed by atoms with Crippen LogP contribution in [0.15, 0.2) is 5.16 Å². The van der Waals surface area contributed by atoms with Crippen LogP contribution >= 0.6 is 23.1 Å². The predicted molar refractivity (Wildman–Crippen MR) is 126 cm³/mol. The van der Waals surface area contributed by atoms with Crippen molar-refractivity contribution in [2.75, 3.05) is 11.1 Å². The summed E-state index contributed by atoms with van der Waals surface area (Å²) in [6.07, 6.45) is 7.87. The van der Waals surface area contributed by atoms with E-state index in [0.717, 1.165) is 35.8 Å². The summed E-state index contributed by atoms with van der Waals surface area (Å²) >= 11 is 2.99. The van der Waals surface area contributed by atoms with Crippen molar-refractivity contribution in [1.29, 1.82) is 5.26 Å². The van der Waals surface area contributed by atoms with Gasteiger partial charge in [0.2, 0.25) is 5.91 Å². The van der Waals surface area contributed by atoms with Crippen molar-refractivity contribution in [3.05, 3.63) is 21.8 Å². The van der Waals surface area contributed by atoms with Gasteiger partial charge in [0.25, 0.3) is 0 Å². The van der Waals surface area contributed by atoms with Crippen molar-refractivity contribution < 1.29 is 4.79 Å². The molecular formula is C23H31N5OS2. The zero-order valence-corrected chi connectivity index (χ0v) is 20.5. The highest BCUT2D eigenvalue weighted by Crippen LogP contribution is 2.44. The van der Waals surface area contributed by atoms with Gasteiger partial charge in [0.1, 0.15) is 16.9 Å². The molecule has 8 heteroatoms. The van der Waals surface area contributed by atoms with Crippen molar-refractivity contribution in [2.24, 2.45) is 18.4 Å². The van der Waals surface area contributed by atoms with E-state index in [1.165, 1.54) is 42.3 Å². The average Bonchev–Trinajstić information content (AvgIpc) is 3.43. The number of carbonyl (C=O) groups excluding carboxylic acids is 1. The molecule has 31 heavy (non-hydrogen) atoms. The number of anilines is 1. The largest absolute Gasteiger partial charge is 0.316 e. The molecular weight excluding hydrogens is 426 g/mol. The Labute approximate surface area is 192 Å². The van der Waals surface area contributed by atoms with E-state index in [1.54, 1.807) is 11.3 Å². The molecule has 0 radical (unpaired) electrons. The number of hydrogen-bond donors (Lipinski definition) is 1. The van der Waals surface area contributed by atoms with Gasteiger partial charge < -0.3 is 9.88 Å². The number of thioether (sulfide) groups is 1. The lowest BCUT2D eigenvalue weighted by Gasteiger charge is -2.33. The number of thiophene rings is 1. The molecule has 1 amide bonds. The fourth-order valence-corrected chi connectivity index (χ4v) is 6.83. The average molecular weight is 458 g/mol. The molecule has 1 atom stereocenters. The molecule has 1 N–H and O–H groups in total. The summed E-state index contributed by atoms with van der Waals surface area (Å²) in [4.78, 5) is 13.9. The Morgan fingerprint density at radius 2 is 2.03 bits per heavy atom. The van der Waals surface area contributed by atoms with Crippen LogP contribution in [-0.4, -0.2) is 26.4 Å². The molecule has 0 saturated heterocycles. The van der Waals surface area contributed by atoms with E-state index in [4.69, 9.17) is 0 Å². The molecule has 2 aromatic rings. The summed E-state index contributed by atoms with van der Waals surface area (Å²) in [5.41, 5.74) is 2.06. The Hall–Kier alpha value is -1.85. The summed E-state index contributed by atoms with van der Waals surface area (Å²) < 4.78 is 2.03. The molecule has 166 valence electrons. The number of fused-ring (bicyclic) bond motifs is 1. The van der Waals surface area contributed by atoms with E-state index in [1.807, 2.05) is 11.6 Å². The predicted octanol–water partition coefficient (Wildman–Crippen LogP) is 5.29. The van der Waals surface area contributed by atoms with Gasteiger partial charge in [0.05, 0.1) is 11.3 Å². The minimum atomic E-state index is -0.0992. The number of nitriles is 1. The summed E-state index contributed by atoms with van der Waals surface area (Å²) in [5, 5.41) is 22.9. The first-order valence-electron chi connectivity index (χ1n) is 11.1. The molecule has 2 aromatic heterocycles. The van der Waals surface area contributed by atoms with Gasteiger partial charge in [-0.1, -0.05) is 45.4 Å². The smallest absolute Gasteiger partial charge is 0.235 e. The second-order valence-electron chi connectivity index (χ2n) is 9.84. The minimum Gasteiger partial charge on any atom is -0.316 e. The van der Waals surface area contributed by atoms with Gasteiger partial charge >= 0.3 is 0 Å². The van der Waals surface area contributed by atoms with E-state index < -0.39 is 0 Å². The van der Waals surface area contributed by atoms with Crippen molar-refractivity contribution in [3.8, 4) is 6.07 Å². The molecule has 0 aromatic carbocycles. The van der Waals surface area contributed by atoms with Gasteiger partial charge in [-0.3, -0.25) is 4.79 Å². The second-order valence-corrected chi connectivity index (χ2v) is 11.9. The fourth-order valence-electron chi connectivity index (χ4n) is 4.82. The van der Waals surface area contributed by atoms with E-state index in [0.29, 0.717) is 22.4 Å². The van der Waals surface area contributed by atoms with Crippen LogP contribution in [0.4, 0.5) is 5.00 Å². The normalized spacial score (nSPS) is 19.3. The standard InChI is InChI=1S/C23H31N5OS2/c1-23(2,3)15-9-10-16-17(12-24)21(31-18(16)11-15)25-19(29)13-30-22-27-26-20(28(22)4)14-7-5-6-8-14/h14-15H,5-11,13H2,1-4H3,(H,25,29). The Morgan fingerprint density at radius 1 is 1.29 bits per heavy atom. The molecule has 2 heterocycles. The van der Waals surface area contributed by atoms with Crippen molar-refractivity contribution in [3.63, 3.8) is 0 Å². The fraction of sp³-hybridized carbons (Fsp3) is 0.652. The maximum absolute atomic E-state index is 12.7. The van der Waals surface area contributed by atoms with Gasteiger partial charge in [-0.25, -0.2) is 0 Å². The van der Waals surface area contributed by atoms with E-state index in [2.05, 4.69) is 42.4 Å². The minimum absolute atomic E-state index is 0.0992. The van der Waals surface area contributed by atoms with Crippen LogP contribution < -0.4 is 5.32 Å². The zero-order chi connectivity index (χ0) is 22.2.